The van der Waals surface area contributed by atoms with Crippen molar-refractivity contribution in [2.24, 2.45) is 39.9 Å². The number of likely N-dealkylation sites (tertiary alicyclic amines) is 1. The lowest BCUT2D eigenvalue weighted by molar-refractivity contribution is -0.115. The molecule has 0 N–H and O–H groups in total. The van der Waals surface area contributed by atoms with Crippen molar-refractivity contribution in [2.75, 3.05) is 26.7 Å². The molecule has 33 heavy (non-hydrogen) atoms. The highest BCUT2D eigenvalue weighted by atomic mass is 127. The lowest BCUT2D eigenvalue weighted by Crippen LogP contribution is -2.59. The van der Waals surface area contributed by atoms with Gasteiger partial charge in [-0.1, -0.05) is 62.3 Å². The van der Waals surface area contributed by atoms with Crippen LogP contribution >= 0.6 is 22.6 Å². The van der Waals surface area contributed by atoms with E-state index in [2.05, 4.69) is 107 Å². The van der Waals surface area contributed by atoms with Gasteiger partial charge in [0.1, 0.15) is 0 Å². The maximum atomic E-state index is 11.9. The predicted octanol–water partition coefficient (Wildman–Crippen LogP) is 7.77. The second kappa shape index (κ2) is 11.2. The molecule has 196 valence electrons. The normalized spacial score (nSPS) is 30.9. The van der Waals surface area contributed by atoms with Gasteiger partial charge >= 0.3 is 0 Å². The first-order valence-electron chi connectivity index (χ1n) is 13.3. The summed E-state index contributed by atoms with van der Waals surface area (Å²) in [5.41, 5.74) is 0.774. The van der Waals surface area contributed by atoms with Crippen LogP contribution in [0.4, 0.5) is 0 Å². The maximum absolute atomic E-state index is 11.9. The number of likely N-dealkylation sites (N-methyl/N-ethyl adjacent to an activating group) is 1. The number of halogens is 1. The van der Waals surface area contributed by atoms with Crippen LogP contribution in [0.2, 0.25) is 0 Å². The zero-order valence-electron chi connectivity index (χ0n) is 24.6. The predicted molar refractivity (Wildman–Crippen MR) is 154 cm³/mol. The van der Waals surface area contributed by atoms with Crippen molar-refractivity contribution in [3.63, 3.8) is 0 Å². The van der Waals surface area contributed by atoms with Crippen LogP contribution in [0.3, 0.4) is 0 Å². The molecule has 0 spiro atoms. The summed E-state index contributed by atoms with van der Waals surface area (Å²) in [6.07, 6.45) is 2.47. The van der Waals surface area contributed by atoms with Crippen LogP contribution in [-0.4, -0.2) is 51.9 Å². The smallest absolute Gasteiger partial charge is 0.206 e. The van der Waals surface area contributed by atoms with E-state index < -0.39 is 0 Å². The van der Waals surface area contributed by atoms with Crippen molar-refractivity contribution in [1.29, 1.82) is 0 Å². The molecular formula is C29H57IN2O. The topological polar surface area (TPSA) is 23.6 Å². The van der Waals surface area contributed by atoms with E-state index in [0.717, 1.165) is 6.54 Å². The molecule has 1 aliphatic heterocycles. The van der Waals surface area contributed by atoms with E-state index in [1.54, 1.807) is 0 Å². The number of nitrogens with zero attached hydrogens (tertiary/aromatic N) is 2. The lowest BCUT2D eigenvalue weighted by atomic mass is 9.49. The van der Waals surface area contributed by atoms with Crippen molar-refractivity contribution in [1.82, 2.24) is 9.80 Å². The van der Waals surface area contributed by atoms with E-state index >= 15 is 0 Å². The summed E-state index contributed by atoms with van der Waals surface area (Å²) in [7, 11) is 2.12. The first-order chi connectivity index (χ1) is 14.7. The average Bonchev–Trinajstić information content (AvgIpc) is 2.62. The molecule has 4 heteroatoms. The average molecular weight is 577 g/mol. The van der Waals surface area contributed by atoms with Crippen molar-refractivity contribution in [3.05, 3.63) is 0 Å². The molecule has 1 aliphatic rings. The summed E-state index contributed by atoms with van der Waals surface area (Å²) in [4.78, 5) is 16.9. The highest BCUT2D eigenvalue weighted by Crippen LogP contribution is 2.58. The summed E-state index contributed by atoms with van der Waals surface area (Å²) in [6, 6.07) is 0.342. The summed E-state index contributed by atoms with van der Waals surface area (Å²) < 4.78 is 0.222. The van der Waals surface area contributed by atoms with Crippen LogP contribution in [0.15, 0.2) is 0 Å². The first-order valence-corrected chi connectivity index (χ1v) is 14.4. The van der Waals surface area contributed by atoms with E-state index in [1.165, 1.54) is 19.4 Å². The monoisotopic (exact) mass is 576 g/mol. The molecule has 0 bridgehead atoms. The Kier molecular flexibility index (Phi) is 10.6. The minimum Gasteiger partial charge on any atom is -0.298 e. The van der Waals surface area contributed by atoms with Gasteiger partial charge in [-0.2, -0.15) is 0 Å². The fourth-order valence-electron chi connectivity index (χ4n) is 6.88. The van der Waals surface area contributed by atoms with Crippen LogP contribution < -0.4 is 0 Å². The fourth-order valence-corrected chi connectivity index (χ4v) is 7.42. The number of hydrogen-bond acceptors (Lipinski definition) is 3. The van der Waals surface area contributed by atoms with Crippen LogP contribution in [0.5, 0.6) is 0 Å². The summed E-state index contributed by atoms with van der Waals surface area (Å²) >= 11 is 1.94. The van der Waals surface area contributed by atoms with Crippen molar-refractivity contribution in [2.45, 2.75) is 114 Å². The lowest BCUT2D eigenvalue weighted by Gasteiger charge is -2.60. The molecule has 0 saturated carbocycles. The fraction of sp³-hybridized carbons (Fsp3) is 0.966. The van der Waals surface area contributed by atoms with E-state index in [1.807, 2.05) is 22.6 Å². The third-order valence-electron chi connectivity index (χ3n) is 9.59. The van der Waals surface area contributed by atoms with Gasteiger partial charge in [0.05, 0.1) is 6.54 Å². The number of hydrogen-bond donors (Lipinski definition) is 0. The third kappa shape index (κ3) is 7.65. The second-order valence-corrected chi connectivity index (χ2v) is 15.7. The SMILES string of the molecule is CC(C)CC1(CC(C)(C)C(C)N(C)CC(=O)I)C(C)C(C)CN(C(C)(C)C)CC(C)(C)C1C. The van der Waals surface area contributed by atoms with Gasteiger partial charge in [-0.05, 0) is 87.5 Å². The second-order valence-electron chi connectivity index (χ2n) is 14.5. The van der Waals surface area contributed by atoms with E-state index in [-0.39, 0.29) is 25.6 Å². The highest BCUT2D eigenvalue weighted by Gasteiger charge is 2.54. The van der Waals surface area contributed by atoms with Crippen LogP contribution in [0.1, 0.15) is 103 Å². The van der Waals surface area contributed by atoms with E-state index in [9.17, 15) is 4.79 Å². The van der Waals surface area contributed by atoms with Crippen molar-refractivity contribution >= 4 is 26.4 Å². The molecule has 1 heterocycles. The standard InChI is InChI=1S/C29H57IN2O/c1-20(2)15-29(18-27(10,11)24(6)31(14)17-25(30)33)22(4)21(3)16-32(26(7,8)9)19-28(12,13)23(29)5/h20-24H,15-19H2,1-14H3. The van der Waals surface area contributed by atoms with Gasteiger partial charge in [-0.25, -0.2) is 0 Å². The molecule has 3 nitrogen and oxygen atoms in total. The Balaban J connectivity index is 3.55. The van der Waals surface area contributed by atoms with Gasteiger partial charge in [-0.3, -0.25) is 14.6 Å². The van der Waals surface area contributed by atoms with Crippen LogP contribution in [0, 0.1) is 39.9 Å². The van der Waals surface area contributed by atoms with Gasteiger partial charge in [0.2, 0.25) is 3.79 Å². The summed E-state index contributed by atoms with van der Waals surface area (Å²) in [5.74, 6) is 2.53. The maximum Gasteiger partial charge on any atom is 0.206 e. The molecular weight excluding hydrogens is 519 g/mol. The van der Waals surface area contributed by atoms with Crippen molar-refractivity contribution < 1.29 is 4.79 Å². The zero-order valence-corrected chi connectivity index (χ0v) is 26.8. The molecule has 5 unspecified atom stereocenters. The molecule has 1 rings (SSSR count). The number of carbonyl (C=O) groups is 1. The number of rotatable bonds is 8. The molecule has 0 aromatic heterocycles. The van der Waals surface area contributed by atoms with Gasteiger partial charge in [0.15, 0.2) is 0 Å². The van der Waals surface area contributed by atoms with Crippen LogP contribution in [-0.2, 0) is 4.79 Å². The third-order valence-corrected chi connectivity index (χ3v) is 9.93. The Hall–Kier alpha value is 0.320. The van der Waals surface area contributed by atoms with E-state index in [4.69, 9.17) is 0 Å². The summed E-state index contributed by atoms with van der Waals surface area (Å²) in [5, 5.41) is 0. The van der Waals surface area contributed by atoms with Crippen molar-refractivity contribution in [3.8, 4) is 0 Å². The largest absolute Gasteiger partial charge is 0.298 e. The molecule has 0 aliphatic carbocycles. The summed E-state index contributed by atoms with van der Waals surface area (Å²) in [6.45, 7) is 34.7. The Labute approximate surface area is 221 Å². The minimum atomic E-state index is 0.108. The Morgan fingerprint density at radius 3 is 2.03 bits per heavy atom. The molecule has 0 radical (unpaired) electrons. The minimum absolute atomic E-state index is 0.108. The van der Waals surface area contributed by atoms with Gasteiger partial charge in [0, 0.05) is 47.3 Å². The Morgan fingerprint density at radius 1 is 1.09 bits per heavy atom. The molecule has 0 aromatic carbocycles. The zero-order chi connectivity index (χ0) is 26.2. The highest BCUT2D eigenvalue weighted by molar-refractivity contribution is 14.1. The van der Waals surface area contributed by atoms with Gasteiger partial charge in [0.25, 0.3) is 0 Å². The van der Waals surface area contributed by atoms with Crippen LogP contribution in [0.25, 0.3) is 0 Å². The molecule has 1 fully saturated rings. The van der Waals surface area contributed by atoms with E-state index in [0.29, 0.717) is 36.3 Å². The number of carbonyl (C=O) groups excluding carboxylic acids is 1. The molecule has 0 aromatic rings. The molecule has 1 saturated heterocycles. The first kappa shape index (κ1) is 31.4. The quantitative estimate of drug-likeness (QED) is 0.218. The van der Waals surface area contributed by atoms with Gasteiger partial charge in [-0.15, -0.1) is 0 Å². The Morgan fingerprint density at radius 2 is 1.61 bits per heavy atom. The molecule has 0 amide bonds. The Bertz CT molecular complexity index is 650. The molecule has 5 atom stereocenters. The van der Waals surface area contributed by atoms with Gasteiger partial charge < -0.3 is 0 Å².